The van der Waals surface area contributed by atoms with Gasteiger partial charge < -0.3 is 14.5 Å². The Morgan fingerprint density at radius 1 is 1.03 bits per heavy atom. The Morgan fingerprint density at radius 3 is 2.59 bits per heavy atom. The van der Waals surface area contributed by atoms with Crippen LogP contribution in [-0.4, -0.2) is 38.4 Å². The number of amides is 1. The first-order valence-corrected chi connectivity index (χ1v) is 10.2. The molecule has 1 amide bonds. The highest BCUT2D eigenvalue weighted by molar-refractivity contribution is 5.98. The van der Waals surface area contributed by atoms with Crippen molar-refractivity contribution < 1.29 is 4.79 Å². The van der Waals surface area contributed by atoms with E-state index in [9.17, 15) is 4.79 Å². The van der Waals surface area contributed by atoms with E-state index in [0.29, 0.717) is 11.6 Å². The van der Waals surface area contributed by atoms with Gasteiger partial charge in [-0.05, 0) is 30.9 Å². The van der Waals surface area contributed by atoms with Gasteiger partial charge in [-0.15, -0.1) is 0 Å². The van der Waals surface area contributed by atoms with Gasteiger partial charge in [-0.25, -0.2) is 4.98 Å². The number of hydrogen-bond acceptors (Lipinski definition) is 2. The number of likely N-dealkylation sites (tertiary alicyclic amines) is 1. The fraction of sp³-hybridized carbons (Fsp3) is 0.250. The van der Waals surface area contributed by atoms with Crippen LogP contribution in [0.15, 0.2) is 73.1 Å². The number of piperidine rings is 1. The number of imidazole rings is 1. The second kappa shape index (κ2) is 7.59. The van der Waals surface area contributed by atoms with Gasteiger partial charge in [0, 0.05) is 48.5 Å². The van der Waals surface area contributed by atoms with Gasteiger partial charge in [0.05, 0.1) is 0 Å². The van der Waals surface area contributed by atoms with E-state index in [4.69, 9.17) is 0 Å². The minimum Gasteiger partial charge on any atom is -0.351 e. The quantitative estimate of drug-likeness (QED) is 0.560. The topological polar surface area (TPSA) is 53.9 Å². The lowest BCUT2D eigenvalue weighted by Crippen LogP contribution is -2.39. The molecule has 0 spiro atoms. The van der Waals surface area contributed by atoms with Crippen LogP contribution in [0.3, 0.4) is 0 Å². The van der Waals surface area contributed by atoms with E-state index in [1.165, 1.54) is 0 Å². The molecular weight excluding hydrogens is 360 g/mol. The molecule has 0 aliphatic carbocycles. The van der Waals surface area contributed by atoms with E-state index in [1.54, 1.807) is 0 Å². The van der Waals surface area contributed by atoms with Gasteiger partial charge in [-0.1, -0.05) is 48.5 Å². The van der Waals surface area contributed by atoms with Crippen LogP contribution in [0.5, 0.6) is 0 Å². The van der Waals surface area contributed by atoms with Gasteiger partial charge in [0.25, 0.3) is 5.91 Å². The number of fused-ring (bicyclic) bond motifs is 1. The number of nitrogens with zero attached hydrogens (tertiary/aromatic N) is 3. The van der Waals surface area contributed by atoms with Crippen molar-refractivity contribution in [3.63, 3.8) is 0 Å². The molecule has 5 rings (SSSR count). The molecule has 4 aromatic rings. The maximum atomic E-state index is 12.9. The van der Waals surface area contributed by atoms with Crippen LogP contribution in [0.25, 0.3) is 22.3 Å². The van der Waals surface area contributed by atoms with Crippen LogP contribution in [0.4, 0.5) is 0 Å². The molecule has 2 aromatic carbocycles. The molecule has 0 bridgehead atoms. The Kier molecular flexibility index (Phi) is 4.64. The standard InChI is InChI=1S/C24H24N4O/c29-24(22-16-20-8-4-5-9-21(20)26-22)27-13-10-18(11-14-27)17-28-15-12-25-23(28)19-6-2-1-3-7-19/h1-9,12,15-16,18,26H,10-11,13-14,17H2. The van der Waals surface area contributed by atoms with Gasteiger partial charge >= 0.3 is 0 Å². The average molecular weight is 384 g/mol. The van der Waals surface area contributed by atoms with E-state index < -0.39 is 0 Å². The highest BCUT2D eigenvalue weighted by atomic mass is 16.2. The van der Waals surface area contributed by atoms with Crippen molar-refractivity contribution in [2.45, 2.75) is 19.4 Å². The van der Waals surface area contributed by atoms with Crippen molar-refractivity contribution in [1.29, 1.82) is 0 Å². The average Bonchev–Trinajstić information content (AvgIpc) is 3.41. The Bertz CT molecular complexity index is 1090. The highest BCUT2D eigenvalue weighted by Crippen LogP contribution is 2.25. The minimum absolute atomic E-state index is 0.104. The van der Waals surface area contributed by atoms with Crippen LogP contribution >= 0.6 is 0 Å². The zero-order valence-electron chi connectivity index (χ0n) is 16.3. The molecule has 0 saturated carbocycles. The molecule has 2 aromatic heterocycles. The highest BCUT2D eigenvalue weighted by Gasteiger charge is 2.25. The Hall–Kier alpha value is -3.34. The number of hydrogen-bond donors (Lipinski definition) is 1. The maximum absolute atomic E-state index is 12.9. The number of nitrogens with one attached hydrogen (secondary N) is 1. The van der Waals surface area contributed by atoms with Crippen LogP contribution in [0, 0.1) is 5.92 Å². The predicted octanol–water partition coefficient (Wildman–Crippen LogP) is 4.58. The number of aromatic nitrogens is 3. The largest absolute Gasteiger partial charge is 0.351 e. The molecule has 5 nitrogen and oxygen atoms in total. The molecule has 1 aliphatic rings. The van der Waals surface area contributed by atoms with Crippen LogP contribution in [0.2, 0.25) is 0 Å². The second-order valence-corrected chi connectivity index (χ2v) is 7.78. The zero-order chi connectivity index (χ0) is 19.6. The fourth-order valence-electron chi connectivity index (χ4n) is 4.26. The predicted molar refractivity (Wildman–Crippen MR) is 115 cm³/mol. The van der Waals surface area contributed by atoms with Crippen molar-refractivity contribution in [3.8, 4) is 11.4 Å². The van der Waals surface area contributed by atoms with Gasteiger partial charge in [0.1, 0.15) is 11.5 Å². The maximum Gasteiger partial charge on any atom is 0.270 e. The van der Waals surface area contributed by atoms with E-state index >= 15 is 0 Å². The van der Waals surface area contributed by atoms with Crippen molar-refractivity contribution in [1.82, 2.24) is 19.4 Å². The molecule has 0 radical (unpaired) electrons. The summed E-state index contributed by atoms with van der Waals surface area (Å²) in [5.74, 6) is 1.67. The fourth-order valence-corrected chi connectivity index (χ4v) is 4.26. The Balaban J connectivity index is 1.23. The third-order valence-corrected chi connectivity index (χ3v) is 5.86. The minimum atomic E-state index is 0.104. The van der Waals surface area contributed by atoms with E-state index in [1.807, 2.05) is 59.6 Å². The molecule has 1 saturated heterocycles. The molecule has 1 fully saturated rings. The summed E-state index contributed by atoms with van der Waals surface area (Å²) >= 11 is 0. The lowest BCUT2D eigenvalue weighted by molar-refractivity contribution is 0.0678. The lowest BCUT2D eigenvalue weighted by Gasteiger charge is -2.32. The summed E-state index contributed by atoms with van der Waals surface area (Å²) in [6, 6.07) is 20.3. The van der Waals surface area contributed by atoms with E-state index in [0.717, 1.165) is 54.8 Å². The lowest BCUT2D eigenvalue weighted by atomic mass is 9.96. The molecule has 29 heavy (non-hydrogen) atoms. The molecule has 1 N–H and O–H groups in total. The SMILES string of the molecule is O=C(c1cc2ccccc2[nH]1)N1CCC(Cn2ccnc2-c2ccccc2)CC1. The van der Waals surface area contributed by atoms with Crippen molar-refractivity contribution in [2.24, 2.45) is 5.92 Å². The summed E-state index contributed by atoms with van der Waals surface area (Å²) in [5, 5.41) is 1.08. The van der Waals surface area contributed by atoms with Gasteiger partial charge in [-0.2, -0.15) is 0 Å². The van der Waals surface area contributed by atoms with Crippen molar-refractivity contribution in [3.05, 3.63) is 78.8 Å². The van der Waals surface area contributed by atoms with Crippen LogP contribution < -0.4 is 0 Å². The molecule has 0 unspecified atom stereocenters. The Morgan fingerprint density at radius 2 is 1.79 bits per heavy atom. The summed E-state index contributed by atoms with van der Waals surface area (Å²) in [6.07, 6.45) is 5.96. The number of carbonyl (C=O) groups is 1. The second-order valence-electron chi connectivity index (χ2n) is 7.78. The summed E-state index contributed by atoms with van der Waals surface area (Å²) in [6.45, 7) is 2.54. The first-order chi connectivity index (χ1) is 14.3. The first-order valence-electron chi connectivity index (χ1n) is 10.2. The molecular formula is C24H24N4O. The Labute approximate surface area is 170 Å². The number of para-hydroxylation sites is 1. The molecule has 0 atom stereocenters. The number of aromatic amines is 1. The number of rotatable bonds is 4. The van der Waals surface area contributed by atoms with E-state index in [2.05, 4.69) is 32.9 Å². The van der Waals surface area contributed by atoms with Crippen LogP contribution in [-0.2, 0) is 6.54 Å². The van der Waals surface area contributed by atoms with Gasteiger partial charge in [-0.3, -0.25) is 4.79 Å². The summed E-state index contributed by atoms with van der Waals surface area (Å²) < 4.78 is 2.25. The molecule has 5 heteroatoms. The smallest absolute Gasteiger partial charge is 0.270 e. The molecule has 3 heterocycles. The third-order valence-electron chi connectivity index (χ3n) is 5.86. The number of carbonyl (C=O) groups excluding carboxylic acids is 1. The van der Waals surface area contributed by atoms with Crippen molar-refractivity contribution in [2.75, 3.05) is 13.1 Å². The third kappa shape index (κ3) is 3.56. The monoisotopic (exact) mass is 384 g/mol. The van der Waals surface area contributed by atoms with Gasteiger partial charge in [0.15, 0.2) is 0 Å². The zero-order valence-corrected chi connectivity index (χ0v) is 16.3. The normalized spacial score (nSPS) is 15.1. The van der Waals surface area contributed by atoms with Crippen molar-refractivity contribution >= 4 is 16.8 Å². The van der Waals surface area contributed by atoms with E-state index in [-0.39, 0.29) is 5.91 Å². The summed E-state index contributed by atoms with van der Waals surface area (Å²) in [7, 11) is 0. The first kappa shape index (κ1) is 17.7. The summed E-state index contributed by atoms with van der Waals surface area (Å²) in [5.41, 5.74) is 2.84. The summed E-state index contributed by atoms with van der Waals surface area (Å²) in [4.78, 5) is 22.7. The van der Waals surface area contributed by atoms with Gasteiger partial charge in [0.2, 0.25) is 0 Å². The number of H-pyrrole nitrogens is 1. The number of benzene rings is 2. The van der Waals surface area contributed by atoms with Crippen LogP contribution in [0.1, 0.15) is 23.3 Å². The molecule has 146 valence electrons. The molecule has 1 aliphatic heterocycles.